The summed E-state index contributed by atoms with van der Waals surface area (Å²) in [5.74, 6) is 0.240. The van der Waals surface area contributed by atoms with Gasteiger partial charge in [-0.05, 0) is 68.9 Å². The van der Waals surface area contributed by atoms with Crippen LogP contribution in [0.25, 0.3) is 0 Å². The van der Waals surface area contributed by atoms with Crippen LogP contribution >= 0.6 is 0 Å². The number of rotatable bonds is 4. The Morgan fingerprint density at radius 2 is 1.61 bits per heavy atom. The van der Waals surface area contributed by atoms with Crippen LogP contribution in [0.4, 0.5) is 5.95 Å². The molecule has 1 aliphatic rings. The van der Waals surface area contributed by atoms with Gasteiger partial charge < -0.3 is 0 Å². The standard InChI is InChI=1S/C16H20N4O2S/c1-11-9-12(2)18-16(17-11)19-20-23(21,22)15-8-7-13-5-3-4-6-14(13)10-15/h7-10,20H,3-6H2,1-2H3,(H,17,18,19). The van der Waals surface area contributed by atoms with Gasteiger partial charge in [0.1, 0.15) is 0 Å². The maximum Gasteiger partial charge on any atom is 0.257 e. The molecule has 0 unspecified atom stereocenters. The minimum absolute atomic E-state index is 0.240. The van der Waals surface area contributed by atoms with E-state index in [1.807, 2.05) is 26.0 Å². The fraction of sp³-hybridized carbons (Fsp3) is 0.375. The molecule has 1 heterocycles. The van der Waals surface area contributed by atoms with E-state index < -0.39 is 10.0 Å². The lowest BCUT2D eigenvalue weighted by Crippen LogP contribution is -2.30. The molecule has 3 rings (SSSR count). The normalized spacial score (nSPS) is 14.3. The van der Waals surface area contributed by atoms with Crippen molar-refractivity contribution in [2.75, 3.05) is 5.43 Å². The Labute approximate surface area is 136 Å². The van der Waals surface area contributed by atoms with Gasteiger partial charge in [0.05, 0.1) is 4.90 Å². The highest BCUT2D eigenvalue weighted by Gasteiger charge is 2.18. The Morgan fingerprint density at radius 3 is 2.30 bits per heavy atom. The van der Waals surface area contributed by atoms with Gasteiger partial charge >= 0.3 is 0 Å². The summed E-state index contributed by atoms with van der Waals surface area (Å²) >= 11 is 0. The number of fused-ring (bicyclic) bond motifs is 1. The van der Waals surface area contributed by atoms with Crippen molar-refractivity contribution in [2.45, 2.75) is 44.4 Å². The van der Waals surface area contributed by atoms with E-state index >= 15 is 0 Å². The monoisotopic (exact) mass is 332 g/mol. The number of hydrogen-bond acceptors (Lipinski definition) is 5. The number of benzene rings is 1. The summed E-state index contributed by atoms with van der Waals surface area (Å²) in [6.45, 7) is 3.66. The highest BCUT2D eigenvalue weighted by atomic mass is 32.2. The predicted octanol–water partition coefficient (Wildman–Crippen LogP) is 2.28. The lowest BCUT2D eigenvalue weighted by atomic mass is 9.92. The molecule has 0 fully saturated rings. The molecule has 0 aliphatic heterocycles. The Balaban J connectivity index is 1.79. The number of nitrogens with zero attached hydrogens (tertiary/aromatic N) is 2. The first kappa shape index (κ1) is 15.9. The molecule has 1 aliphatic carbocycles. The van der Waals surface area contributed by atoms with Crippen LogP contribution < -0.4 is 10.3 Å². The molecule has 0 amide bonds. The van der Waals surface area contributed by atoms with Crippen LogP contribution in [-0.4, -0.2) is 18.4 Å². The third-order valence-corrected chi connectivity index (χ3v) is 5.16. The van der Waals surface area contributed by atoms with Gasteiger partial charge in [0.2, 0.25) is 5.95 Å². The van der Waals surface area contributed by atoms with E-state index in [-0.39, 0.29) is 10.8 Å². The summed E-state index contributed by atoms with van der Waals surface area (Å²) in [5, 5.41) is 0. The summed E-state index contributed by atoms with van der Waals surface area (Å²) in [6, 6.07) is 7.15. The summed E-state index contributed by atoms with van der Waals surface area (Å²) in [7, 11) is -3.66. The molecular weight excluding hydrogens is 312 g/mol. The van der Waals surface area contributed by atoms with E-state index in [1.165, 1.54) is 12.0 Å². The molecule has 7 heteroatoms. The maximum absolute atomic E-state index is 12.4. The van der Waals surface area contributed by atoms with Crippen molar-refractivity contribution in [3.05, 3.63) is 46.8 Å². The smallest absolute Gasteiger partial charge is 0.257 e. The molecule has 0 radical (unpaired) electrons. The number of aryl methyl sites for hydroxylation is 4. The SMILES string of the molecule is Cc1cc(C)nc(NNS(=O)(=O)c2ccc3c(c2)CCCC3)n1. The Morgan fingerprint density at radius 1 is 0.957 bits per heavy atom. The minimum Gasteiger partial charge on any atom is -0.276 e. The molecule has 0 saturated heterocycles. The number of hydrogen-bond donors (Lipinski definition) is 2. The average Bonchev–Trinajstić information content (AvgIpc) is 2.52. The molecule has 1 aromatic heterocycles. The van der Waals surface area contributed by atoms with E-state index in [0.29, 0.717) is 0 Å². The summed E-state index contributed by atoms with van der Waals surface area (Å²) in [5.41, 5.74) is 6.50. The van der Waals surface area contributed by atoms with Crippen LogP contribution in [0.3, 0.4) is 0 Å². The zero-order valence-corrected chi connectivity index (χ0v) is 14.1. The summed E-state index contributed by atoms with van der Waals surface area (Å²) < 4.78 is 24.9. The van der Waals surface area contributed by atoms with Crippen molar-refractivity contribution in [1.82, 2.24) is 14.8 Å². The third-order valence-electron chi connectivity index (χ3n) is 3.91. The van der Waals surface area contributed by atoms with Crippen molar-refractivity contribution in [3.8, 4) is 0 Å². The van der Waals surface area contributed by atoms with Crippen molar-refractivity contribution < 1.29 is 8.42 Å². The quantitative estimate of drug-likeness (QED) is 0.839. The second kappa shape index (κ2) is 6.25. The first-order valence-electron chi connectivity index (χ1n) is 7.66. The first-order chi connectivity index (χ1) is 10.9. The summed E-state index contributed by atoms with van der Waals surface area (Å²) in [6.07, 6.45) is 4.24. The van der Waals surface area contributed by atoms with Crippen LogP contribution in [0, 0.1) is 13.8 Å². The molecule has 0 saturated carbocycles. The molecule has 2 aromatic rings. The van der Waals surface area contributed by atoms with Gasteiger partial charge in [-0.25, -0.2) is 18.4 Å². The predicted molar refractivity (Wildman–Crippen MR) is 88.5 cm³/mol. The number of anilines is 1. The molecule has 0 atom stereocenters. The van der Waals surface area contributed by atoms with Gasteiger partial charge in [0.15, 0.2) is 0 Å². The Hall–Kier alpha value is -1.99. The van der Waals surface area contributed by atoms with E-state index in [2.05, 4.69) is 20.2 Å². The number of sulfonamides is 1. The molecule has 1 aromatic carbocycles. The highest BCUT2D eigenvalue weighted by Crippen LogP contribution is 2.24. The van der Waals surface area contributed by atoms with Gasteiger partial charge in [-0.2, -0.15) is 0 Å². The van der Waals surface area contributed by atoms with E-state index in [9.17, 15) is 8.42 Å². The molecule has 6 nitrogen and oxygen atoms in total. The lowest BCUT2D eigenvalue weighted by Gasteiger charge is -2.17. The molecule has 0 spiro atoms. The fourth-order valence-corrected chi connectivity index (χ4v) is 3.72. The average molecular weight is 332 g/mol. The van der Waals surface area contributed by atoms with Crippen LogP contribution in [0.15, 0.2) is 29.2 Å². The van der Waals surface area contributed by atoms with Crippen molar-refractivity contribution in [3.63, 3.8) is 0 Å². The zero-order chi connectivity index (χ0) is 16.4. The van der Waals surface area contributed by atoms with Gasteiger partial charge in [-0.3, -0.25) is 5.43 Å². The van der Waals surface area contributed by atoms with Crippen molar-refractivity contribution in [2.24, 2.45) is 0 Å². The third kappa shape index (κ3) is 3.68. The fourth-order valence-electron chi connectivity index (χ4n) is 2.83. The Bertz CT molecular complexity index is 814. The Kier molecular flexibility index (Phi) is 4.32. The number of aromatic nitrogens is 2. The van der Waals surface area contributed by atoms with Gasteiger partial charge in [0.25, 0.3) is 10.0 Å². The lowest BCUT2D eigenvalue weighted by molar-refractivity contribution is 0.586. The number of hydrazine groups is 1. The number of nitrogens with one attached hydrogen (secondary N) is 2. The largest absolute Gasteiger partial charge is 0.276 e. The molecule has 0 bridgehead atoms. The van der Waals surface area contributed by atoms with Crippen LogP contribution in [0.1, 0.15) is 35.4 Å². The molecule has 2 N–H and O–H groups in total. The second-order valence-electron chi connectivity index (χ2n) is 5.84. The molecular formula is C16H20N4O2S. The van der Waals surface area contributed by atoms with E-state index in [4.69, 9.17) is 0 Å². The second-order valence-corrected chi connectivity index (χ2v) is 7.52. The van der Waals surface area contributed by atoms with E-state index in [1.54, 1.807) is 12.1 Å². The first-order valence-corrected chi connectivity index (χ1v) is 9.14. The highest BCUT2D eigenvalue weighted by molar-refractivity contribution is 7.89. The van der Waals surface area contributed by atoms with Gasteiger partial charge in [-0.1, -0.05) is 6.07 Å². The van der Waals surface area contributed by atoms with Gasteiger partial charge in [-0.15, -0.1) is 4.83 Å². The van der Waals surface area contributed by atoms with Crippen molar-refractivity contribution in [1.29, 1.82) is 0 Å². The minimum atomic E-state index is -3.66. The summed E-state index contributed by atoms with van der Waals surface area (Å²) in [4.78, 5) is 10.9. The zero-order valence-electron chi connectivity index (χ0n) is 13.3. The van der Waals surface area contributed by atoms with Crippen molar-refractivity contribution >= 4 is 16.0 Å². The van der Waals surface area contributed by atoms with Crippen LogP contribution in [0.5, 0.6) is 0 Å². The topological polar surface area (TPSA) is 84.0 Å². The van der Waals surface area contributed by atoms with E-state index in [0.717, 1.165) is 36.2 Å². The van der Waals surface area contributed by atoms with Gasteiger partial charge in [0, 0.05) is 11.4 Å². The molecule has 122 valence electrons. The van der Waals surface area contributed by atoms with Crippen LogP contribution in [-0.2, 0) is 22.9 Å². The molecule has 23 heavy (non-hydrogen) atoms. The maximum atomic E-state index is 12.4. The van der Waals surface area contributed by atoms with Crippen LogP contribution in [0.2, 0.25) is 0 Å².